The minimum Gasteiger partial charge on any atom is -0.480 e. The largest absolute Gasteiger partial charge is 0.480 e. The first kappa shape index (κ1) is 15.6. The average molecular weight is 303 g/mol. The van der Waals surface area contributed by atoms with Crippen molar-refractivity contribution in [2.45, 2.75) is 25.4 Å². The minimum atomic E-state index is -1.19. The van der Waals surface area contributed by atoms with Crippen molar-refractivity contribution < 1.29 is 19.5 Å². The Balaban J connectivity index is 2.01. The van der Waals surface area contributed by atoms with Gasteiger partial charge in [0.1, 0.15) is 12.6 Å². The van der Waals surface area contributed by atoms with E-state index in [9.17, 15) is 14.4 Å². The first-order valence-electron chi connectivity index (χ1n) is 6.81. The zero-order valence-corrected chi connectivity index (χ0v) is 11.9. The number of hydrogen-bond donors (Lipinski definition) is 3. The van der Waals surface area contributed by atoms with Crippen LogP contribution in [0.1, 0.15) is 12.8 Å². The Hall–Kier alpha value is -2.83. The van der Waals surface area contributed by atoms with Crippen molar-refractivity contribution >= 4 is 28.7 Å². The third-order valence-electron chi connectivity index (χ3n) is 3.31. The van der Waals surface area contributed by atoms with Crippen LogP contribution < -0.4 is 11.1 Å². The highest BCUT2D eigenvalue weighted by atomic mass is 16.4. The average Bonchev–Trinajstić information content (AvgIpc) is 2.86. The summed E-state index contributed by atoms with van der Waals surface area (Å²) in [4.78, 5) is 33.8. The van der Waals surface area contributed by atoms with Crippen LogP contribution in [0.3, 0.4) is 0 Å². The normalized spacial score (nSPS) is 12.0. The lowest BCUT2D eigenvalue weighted by Crippen LogP contribution is -2.42. The van der Waals surface area contributed by atoms with Gasteiger partial charge in [-0.15, -0.1) is 0 Å². The molecule has 0 radical (unpaired) electrons. The van der Waals surface area contributed by atoms with Crippen LogP contribution in [-0.2, 0) is 20.9 Å². The van der Waals surface area contributed by atoms with Crippen molar-refractivity contribution in [1.29, 1.82) is 0 Å². The lowest BCUT2D eigenvalue weighted by Gasteiger charge is -2.14. The molecule has 0 aliphatic carbocycles. The molecule has 0 aliphatic heterocycles. The minimum absolute atomic E-state index is 0.00780. The van der Waals surface area contributed by atoms with E-state index in [1.54, 1.807) is 10.8 Å². The van der Waals surface area contributed by atoms with Crippen LogP contribution in [0, 0.1) is 0 Å². The Morgan fingerprint density at radius 3 is 2.64 bits per heavy atom. The standard InChI is InChI=1S/C15H17N3O4/c16-13(19)6-5-11(15(21)22)17-14(20)9-18-8-7-10-3-1-2-4-12(10)18/h1-4,7-8,11H,5-6,9H2,(H2,16,19)(H,17,20)(H,21,22). The van der Waals surface area contributed by atoms with Gasteiger partial charge < -0.3 is 20.7 Å². The molecule has 0 saturated carbocycles. The van der Waals surface area contributed by atoms with Gasteiger partial charge in [-0.1, -0.05) is 18.2 Å². The van der Waals surface area contributed by atoms with E-state index in [1.165, 1.54) is 0 Å². The summed E-state index contributed by atoms with van der Waals surface area (Å²) in [7, 11) is 0. The number of nitrogens with zero attached hydrogens (tertiary/aromatic N) is 1. The molecule has 0 bridgehead atoms. The summed E-state index contributed by atoms with van der Waals surface area (Å²) in [5.41, 5.74) is 5.89. The Bertz CT molecular complexity index is 708. The summed E-state index contributed by atoms with van der Waals surface area (Å²) < 4.78 is 1.73. The van der Waals surface area contributed by atoms with Crippen LogP contribution >= 0.6 is 0 Å². The van der Waals surface area contributed by atoms with E-state index in [2.05, 4.69) is 5.32 Å². The lowest BCUT2D eigenvalue weighted by atomic mass is 10.1. The molecule has 4 N–H and O–H groups in total. The second kappa shape index (κ2) is 6.75. The molecule has 2 aromatic rings. The molecule has 1 unspecified atom stereocenters. The predicted molar refractivity (Wildman–Crippen MR) is 79.9 cm³/mol. The van der Waals surface area contributed by atoms with Gasteiger partial charge in [-0.05, 0) is 23.9 Å². The number of amides is 2. The number of fused-ring (bicyclic) bond motifs is 1. The number of primary amides is 1. The summed E-state index contributed by atoms with van der Waals surface area (Å²) in [5, 5.41) is 12.5. The first-order chi connectivity index (χ1) is 10.5. The van der Waals surface area contributed by atoms with Crippen molar-refractivity contribution in [3.05, 3.63) is 36.5 Å². The van der Waals surface area contributed by atoms with E-state index < -0.39 is 23.8 Å². The number of hydrogen-bond acceptors (Lipinski definition) is 3. The highest BCUT2D eigenvalue weighted by molar-refractivity contribution is 5.86. The molecule has 0 spiro atoms. The van der Waals surface area contributed by atoms with Crippen molar-refractivity contribution in [3.8, 4) is 0 Å². The van der Waals surface area contributed by atoms with Crippen molar-refractivity contribution in [1.82, 2.24) is 9.88 Å². The molecule has 116 valence electrons. The number of nitrogens with one attached hydrogen (secondary N) is 1. The summed E-state index contributed by atoms with van der Waals surface area (Å²) in [5.74, 6) is -2.22. The van der Waals surface area contributed by atoms with Gasteiger partial charge in [-0.2, -0.15) is 0 Å². The number of para-hydroxylation sites is 1. The molecule has 2 amide bonds. The summed E-state index contributed by atoms with van der Waals surface area (Å²) in [6.45, 7) is 0.00780. The summed E-state index contributed by atoms with van der Waals surface area (Å²) in [6, 6.07) is 8.33. The molecular weight excluding hydrogens is 286 g/mol. The van der Waals surface area contributed by atoms with E-state index in [1.807, 2.05) is 30.3 Å². The number of benzene rings is 1. The Morgan fingerprint density at radius 1 is 1.23 bits per heavy atom. The highest BCUT2D eigenvalue weighted by Gasteiger charge is 2.20. The van der Waals surface area contributed by atoms with Gasteiger partial charge in [0.2, 0.25) is 11.8 Å². The summed E-state index contributed by atoms with van der Waals surface area (Å²) >= 11 is 0. The molecule has 0 fully saturated rings. The molecule has 7 heteroatoms. The van der Waals surface area contributed by atoms with E-state index in [4.69, 9.17) is 10.8 Å². The van der Waals surface area contributed by atoms with Gasteiger partial charge in [-0.3, -0.25) is 9.59 Å². The molecule has 0 saturated heterocycles. The lowest BCUT2D eigenvalue weighted by molar-refractivity contribution is -0.142. The molecule has 2 rings (SSSR count). The van der Waals surface area contributed by atoms with Crippen molar-refractivity contribution in [2.24, 2.45) is 5.73 Å². The van der Waals surface area contributed by atoms with Crippen LogP contribution in [-0.4, -0.2) is 33.5 Å². The molecule has 1 heterocycles. The SMILES string of the molecule is NC(=O)CCC(NC(=O)Cn1ccc2ccccc21)C(=O)O. The van der Waals surface area contributed by atoms with Gasteiger partial charge in [0, 0.05) is 18.1 Å². The second-order valence-electron chi connectivity index (χ2n) is 4.97. The Kier molecular flexibility index (Phi) is 4.77. The zero-order chi connectivity index (χ0) is 16.1. The molecule has 1 aromatic heterocycles. The molecule has 1 aromatic carbocycles. The van der Waals surface area contributed by atoms with Gasteiger partial charge in [0.15, 0.2) is 0 Å². The maximum absolute atomic E-state index is 12.0. The highest BCUT2D eigenvalue weighted by Crippen LogP contribution is 2.14. The first-order valence-corrected chi connectivity index (χ1v) is 6.81. The van der Waals surface area contributed by atoms with E-state index in [0.717, 1.165) is 10.9 Å². The monoisotopic (exact) mass is 303 g/mol. The zero-order valence-electron chi connectivity index (χ0n) is 11.9. The number of carboxylic acids is 1. The number of carbonyl (C=O) groups is 3. The predicted octanol–water partition coefficient (Wildman–Crippen LogP) is 0.476. The molecular formula is C15H17N3O4. The molecule has 1 atom stereocenters. The number of aliphatic carboxylic acids is 1. The van der Waals surface area contributed by atoms with Crippen molar-refractivity contribution in [3.63, 3.8) is 0 Å². The summed E-state index contributed by atoms with van der Waals surface area (Å²) in [6.07, 6.45) is 1.65. The van der Waals surface area contributed by atoms with Gasteiger partial charge in [0.25, 0.3) is 0 Å². The maximum Gasteiger partial charge on any atom is 0.326 e. The van der Waals surface area contributed by atoms with Crippen LogP contribution in [0.5, 0.6) is 0 Å². The fourth-order valence-corrected chi connectivity index (χ4v) is 2.22. The van der Waals surface area contributed by atoms with Gasteiger partial charge >= 0.3 is 5.97 Å². The number of carbonyl (C=O) groups excluding carboxylic acids is 2. The van der Waals surface area contributed by atoms with E-state index in [0.29, 0.717) is 0 Å². The van der Waals surface area contributed by atoms with Crippen LogP contribution in [0.4, 0.5) is 0 Å². The third kappa shape index (κ3) is 3.85. The second-order valence-corrected chi connectivity index (χ2v) is 4.97. The number of aromatic nitrogens is 1. The van der Waals surface area contributed by atoms with Gasteiger partial charge in [0.05, 0.1) is 0 Å². The number of rotatable bonds is 7. The number of nitrogens with two attached hydrogens (primary N) is 1. The smallest absolute Gasteiger partial charge is 0.326 e. The molecule has 0 aliphatic rings. The Labute approximate surface area is 126 Å². The fraction of sp³-hybridized carbons (Fsp3) is 0.267. The topological polar surface area (TPSA) is 114 Å². The van der Waals surface area contributed by atoms with Gasteiger partial charge in [-0.25, -0.2) is 4.79 Å². The molecule has 22 heavy (non-hydrogen) atoms. The fourth-order valence-electron chi connectivity index (χ4n) is 2.22. The van der Waals surface area contributed by atoms with Crippen LogP contribution in [0.25, 0.3) is 10.9 Å². The van der Waals surface area contributed by atoms with Crippen molar-refractivity contribution in [2.75, 3.05) is 0 Å². The van der Waals surface area contributed by atoms with E-state index >= 15 is 0 Å². The van der Waals surface area contributed by atoms with Crippen LogP contribution in [0.2, 0.25) is 0 Å². The van der Waals surface area contributed by atoms with Crippen LogP contribution in [0.15, 0.2) is 36.5 Å². The number of carboxylic acid groups (broad SMARTS) is 1. The quantitative estimate of drug-likeness (QED) is 0.690. The maximum atomic E-state index is 12.0. The molecule has 7 nitrogen and oxygen atoms in total. The Morgan fingerprint density at radius 2 is 1.95 bits per heavy atom. The van der Waals surface area contributed by atoms with E-state index in [-0.39, 0.29) is 19.4 Å². The third-order valence-corrected chi connectivity index (χ3v) is 3.31.